The molecule has 2 fully saturated rings. The third-order valence-electron chi connectivity index (χ3n) is 12.8. The number of piperazine rings is 1. The van der Waals surface area contributed by atoms with Crippen molar-refractivity contribution in [3.8, 4) is 11.1 Å². The molecule has 6 N–H and O–H groups in total. The molecule has 2 aromatic carbocycles. The van der Waals surface area contributed by atoms with Gasteiger partial charge in [-0.25, -0.2) is 9.37 Å². The Bertz CT molecular complexity index is 2750. The molecule has 0 bridgehead atoms. The van der Waals surface area contributed by atoms with Crippen molar-refractivity contribution in [3.63, 3.8) is 0 Å². The first-order valence-electron chi connectivity index (χ1n) is 23.1. The zero-order valence-corrected chi connectivity index (χ0v) is 39.9. The number of hydrogen-bond donors (Lipinski definition) is 5. The lowest BCUT2D eigenvalue weighted by Gasteiger charge is -2.44. The van der Waals surface area contributed by atoms with E-state index in [1.165, 1.54) is 24.4 Å². The van der Waals surface area contributed by atoms with Crippen LogP contribution in [0.1, 0.15) is 102 Å². The Morgan fingerprint density at radius 3 is 2.27 bits per heavy atom. The number of carbonyl (C=O) groups excluding carboxylic acids is 7. The molecule has 7 rings (SSSR count). The van der Waals surface area contributed by atoms with Crippen LogP contribution in [0.2, 0.25) is 0 Å². The van der Waals surface area contributed by atoms with Gasteiger partial charge in [-0.3, -0.25) is 53.5 Å². The number of aromatic amines is 1. The molecule has 3 atom stereocenters. The molecule has 5 heterocycles. The normalized spacial score (nSPS) is 18.1. The second-order valence-corrected chi connectivity index (χ2v) is 17.5. The summed E-state index contributed by atoms with van der Waals surface area (Å²) < 4.78 is 56.1. The molecular weight excluding hydrogens is 933 g/mol. The Morgan fingerprint density at radius 2 is 1.63 bits per heavy atom. The summed E-state index contributed by atoms with van der Waals surface area (Å²) in [7, 11) is 1.97. The summed E-state index contributed by atoms with van der Waals surface area (Å²) in [6, 6.07) is 10.2. The van der Waals surface area contributed by atoms with E-state index in [4.69, 9.17) is 5.73 Å². The van der Waals surface area contributed by atoms with E-state index in [-0.39, 0.29) is 77.8 Å². The van der Waals surface area contributed by atoms with Crippen LogP contribution in [-0.4, -0.2) is 124 Å². The van der Waals surface area contributed by atoms with Crippen molar-refractivity contribution in [3.05, 3.63) is 105 Å². The minimum absolute atomic E-state index is 0.0521. The van der Waals surface area contributed by atoms with Crippen LogP contribution in [0.4, 0.5) is 34.8 Å². The third-order valence-corrected chi connectivity index (χ3v) is 12.8. The minimum atomic E-state index is -4.93. The molecule has 22 heteroatoms. The van der Waals surface area contributed by atoms with E-state index in [1.54, 1.807) is 29.2 Å². The van der Waals surface area contributed by atoms with Crippen LogP contribution in [0, 0.1) is 5.82 Å². The number of anilines is 3. The Labute approximate surface area is 406 Å². The van der Waals surface area contributed by atoms with Crippen molar-refractivity contribution >= 4 is 58.5 Å². The highest BCUT2D eigenvalue weighted by Gasteiger charge is 2.45. The van der Waals surface area contributed by atoms with Gasteiger partial charge in [-0.15, -0.1) is 0 Å². The number of H-pyrrole nitrogens is 1. The highest BCUT2D eigenvalue weighted by atomic mass is 19.4. The number of imide groups is 2. The average molecular weight is 989 g/mol. The summed E-state index contributed by atoms with van der Waals surface area (Å²) in [5, 5.41) is 7.49. The lowest BCUT2D eigenvalue weighted by atomic mass is 9.99. The van der Waals surface area contributed by atoms with Crippen molar-refractivity contribution < 1.29 is 51.1 Å². The van der Waals surface area contributed by atoms with Crippen LogP contribution in [0.15, 0.2) is 65.7 Å². The highest BCUT2D eigenvalue weighted by Crippen LogP contribution is 2.38. The molecule has 18 nitrogen and oxygen atoms in total. The first kappa shape index (κ1) is 52.9. The van der Waals surface area contributed by atoms with Crippen molar-refractivity contribution in [2.75, 3.05) is 55.7 Å². The zero-order chi connectivity index (χ0) is 51.9. The fourth-order valence-corrected chi connectivity index (χ4v) is 8.74. The van der Waals surface area contributed by atoms with Crippen LogP contribution in [0.3, 0.4) is 0 Å². The third kappa shape index (κ3) is 12.3. The lowest BCUT2D eigenvalue weighted by Crippen LogP contribution is -2.55. The molecule has 4 aromatic rings. The number of amides is 7. The number of halogens is 4. The molecule has 378 valence electrons. The summed E-state index contributed by atoms with van der Waals surface area (Å²) in [6.07, 6.45) is -1.43. The van der Waals surface area contributed by atoms with Crippen LogP contribution < -0.4 is 32.1 Å². The SMILES string of the molecule is CCN(CC)C(=O)CCC(=O)NCCCc1cccc2c1C(=O)N(C1CCC(=O)NC1=O)C2=O.C[C@@H]1CN(c2cc(F)c(-c3ccc(N)nc3)cc2NC(=O)c2c[nH]c(=O)cc2C(F)(F)F)C[C@H](C)N1C. The van der Waals surface area contributed by atoms with Crippen molar-refractivity contribution in [1.82, 2.24) is 35.3 Å². The monoisotopic (exact) mass is 988 g/mol. The maximum atomic E-state index is 15.4. The van der Waals surface area contributed by atoms with Gasteiger partial charge < -0.3 is 31.2 Å². The fraction of sp³-hybridized carbons (Fsp3) is 0.408. The molecule has 0 saturated carbocycles. The number of nitrogens with two attached hydrogens (primary N) is 1. The van der Waals surface area contributed by atoms with Crippen LogP contribution in [0.5, 0.6) is 0 Å². The molecule has 2 aromatic heterocycles. The maximum Gasteiger partial charge on any atom is 0.417 e. The van der Waals surface area contributed by atoms with E-state index in [0.717, 1.165) is 4.90 Å². The highest BCUT2D eigenvalue weighted by molar-refractivity contribution is 6.24. The number of aryl methyl sites for hydroxylation is 1. The van der Waals surface area contributed by atoms with E-state index in [0.29, 0.717) is 74.6 Å². The molecule has 0 spiro atoms. The van der Waals surface area contributed by atoms with Gasteiger partial charge in [0, 0.05) is 93.7 Å². The predicted octanol–water partition coefficient (Wildman–Crippen LogP) is 4.74. The number of fused-ring (bicyclic) bond motifs is 1. The summed E-state index contributed by atoms with van der Waals surface area (Å²) in [4.78, 5) is 111. The van der Waals surface area contributed by atoms with Crippen LogP contribution >= 0.6 is 0 Å². The molecule has 1 unspecified atom stereocenters. The lowest BCUT2D eigenvalue weighted by molar-refractivity contribution is -0.138. The molecular formula is C49H56F4N10O8. The summed E-state index contributed by atoms with van der Waals surface area (Å²) in [6.45, 7) is 10.4. The molecule has 3 aliphatic heterocycles. The Morgan fingerprint density at radius 1 is 0.930 bits per heavy atom. The topological polar surface area (TPSA) is 240 Å². The number of alkyl halides is 3. The van der Waals surface area contributed by atoms with Gasteiger partial charge in [0.15, 0.2) is 0 Å². The van der Waals surface area contributed by atoms with Gasteiger partial charge in [0.2, 0.25) is 29.2 Å². The Balaban J connectivity index is 0.000000233. The summed E-state index contributed by atoms with van der Waals surface area (Å²) in [5.74, 6) is -3.88. The molecule has 3 aliphatic rings. The van der Waals surface area contributed by atoms with Crippen molar-refractivity contribution in [2.45, 2.75) is 90.5 Å². The number of nitrogens with one attached hydrogen (secondary N) is 4. The van der Waals surface area contributed by atoms with Crippen molar-refractivity contribution in [2.24, 2.45) is 0 Å². The number of rotatable bonds is 14. The van der Waals surface area contributed by atoms with Gasteiger partial charge in [-0.1, -0.05) is 12.1 Å². The van der Waals surface area contributed by atoms with E-state index < -0.39 is 64.3 Å². The molecule has 0 aliphatic carbocycles. The molecule has 7 amide bonds. The Hall–Kier alpha value is -7.49. The van der Waals surface area contributed by atoms with Gasteiger partial charge in [0.05, 0.1) is 33.6 Å². The number of pyridine rings is 2. The summed E-state index contributed by atoms with van der Waals surface area (Å²) in [5.41, 5.74) is 4.56. The molecule has 0 radical (unpaired) electrons. The van der Waals surface area contributed by atoms with E-state index >= 15 is 4.39 Å². The molecule has 2 saturated heterocycles. The second-order valence-electron chi connectivity index (χ2n) is 17.5. The van der Waals surface area contributed by atoms with Crippen LogP contribution in [-0.2, 0) is 31.8 Å². The number of benzene rings is 2. The number of aromatic nitrogens is 2. The van der Waals surface area contributed by atoms with E-state index in [1.807, 2.05) is 39.6 Å². The number of nitrogen functional groups attached to an aromatic ring is 1. The second kappa shape index (κ2) is 22.5. The number of hydrogen-bond acceptors (Lipinski definition) is 12. The number of carbonyl (C=O) groups is 7. The minimum Gasteiger partial charge on any atom is -0.384 e. The molecule has 71 heavy (non-hydrogen) atoms. The van der Waals surface area contributed by atoms with Gasteiger partial charge in [-0.2, -0.15) is 13.2 Å². The standard InChI is InChI=1S/C25H26F4N6O2.C24H30N4O6/c1-13-11-35(12-14(2)34(13)3)21-8-19(26)16(15-4-5-22(30)31-9-15)6-20(21)33-24(37)17-10-32-23(36)7-18(17)25(27,28)29;1-3-27(4-2)20(31)13-12-18(29)25-14-6-8-15-7-5-9-16-21(15)24(34)28(23(16)33)17-10-11-19(30)26-22(17)32/h4-10,13-14H,11-12H2,1-3H3,(H2,30,31)(H,32,36)(H,33,37);5,7,9,17H,3-4,6,8,10-14H2,1-2H3,(H,25,29)(H,26,30,32)/t13-,14+;. The van der Waals surface area contributed by atoms with Gasteiger partial charge in [-0.05, 0) is 89.9 Å². The first-order valence-corrected chi connectivity index (χ1v) is 23.1. The van der Waals surface area contributed by atoms with Gasteiger partial charge in [0.25, 0.3) is 17.7 Å². The van der Waals surface area contributed by atoms with Crippen molar-refractivity contribution in [1.29, 1.82) is 0 Å². The van der Waals surface area contributed by atoms with Gasteiger partial charge >= 0.3 is 6.18 Å². The largest absolute Gasteiger partial charge is 0.417 e. The number of nitrogens with zero attached hydrogens (tertiary/aromatic N) is 5. The zero-order valence-electron chi connectivity index (χ0n) is 39.9. The number of piperidine rings is 1. The van der Waals surface area contributed by atoms with E-state index in [2.05, 4.69) is 30.8 Å². The van der Waals surface area contributed by atoms with E-state index in [9.17, 15) is 51.5 Å². The summed E-state index contributed by atoms with van der Waals surface area (Å²) >= 11 is 0. The number of likely N-dealkylation sites (N-methyl/N-ethyl adjacent to an activating group) is 1. The van der Waals surface area contributed by atoms with Gasteiger partial charge in [0.1, 0.15) is 17.7 Å². The van der Waals surface area contributed by atoms with Crippen LogP contribution in [0.25, 0.3) is 11.1 Å². The average Bonchev–Trinajstić information content (AvgIpc) is 3.58. The maximum absolute atomic E-state index is 15.4. The Kier molecular flexibility index (Phi) is 16.8. The first-order chi connectivity index (χ1) is 33.6. The predicted molar refractivity (Wildman–Crippen MR) is 255 cm³/mol. The quantitative estimate of drug-likeness (QED) is 0.0654. The fourth-order valence-electron chi connectivity index (χ4n) is 8.74. The smallest absolute Gasteiger partial charge is 0.384 e.